The smallest absolute Gasteiger partial charge is 0.262 e. The van der Waals surface area contributed by atoms with Gasteiger partial charge < -0.3 is 10.1 Å². The number of carbonyl (C=O) groups excluding carboxylic acids is 1. The van der Waals surface area contributed by atoms with Crippen molar-refractivity contribution in [3.63, 3.8) is 0 Å². The largest absolute Gasteiger partial charge is 0.496 e. The highest BCUT2D eigenvalue weighted by Crippen LogP contribution is 2.50. The number of aryl methyl sites for hydroxylation is 1. The average molecular weight is 365 g/mol. The van der Waals surface area contributed by atoms with Crippen LogP contribution in [0.15, 0.2) is 53.6 Å². The molecule has 26 heavy (non-hydrogen) atoms. The minimum absolute atomic E-state index is 0.0110. The molecule has 1 N–H and O–H groups in total. The van der Waals surface area contributed by atoms with Crippen molar-refractivity contribution in [1.82, 2.24) is 5.32 Å². The normalized spacial score (nSPS) is 24.1. The van der Waals surface area contributed by atoms with E-state index < -0.39 is 5.54 Å². The summed E-state index contributed by atoms with van der Waals surface area (Å²) < 4.78 is 5.73. The van der Waals surface area contributed by atoms with Crippen LogP contribution in [0.4, 0.5) is 0 Å². The van der Waals surface area contributed by atoms with E-state index in [1.807, 2.05) is 11.5 Å². The summed E-state index contributed by atoms with van der Waals surface area (Å²) >= 11 is 1.50. The molecule has 0 radical (unpaired) electrons. The van der Waals surface area contributed by atoms with Crippen molar-refractivity contribution in [3.8, 4) is 0 Å². The zero-order valence-corrected chi connectivity index (χ0v) is 16.2. The summed E-state index contributed by atoms with van der Waals surface area (Å²) in [6, 6.07) is 10.8. The first-order chi connectivity index (χ1) is 12.6. The van der Waals surface area contributed by atoms with Gasteiger partial charge >= 0.3 is 0 Å². The minimum atomic E-state index is -0.454. The van der Waals surface area contributed by atoms with Gasteiger partial charge in [-0.1, -0.05) is 43.7 Å². The van der Waals surface area contributed by atoms with E-state index in [9.17, 15) is 4.79 Å². The number of methoxy groups -OCH3 is 1. The van der Waals surface area contributed by atoms with Crippen LogP contribution in [0.5, 0.6) is 0 Å². The number of nitrogens with one attached hydrogen (secondary N) is 1. The van der Waals surface area contributed by atoms with Gasteiger partial charge in [-0.15, -0.1) is 11.3 Å². The molecular formula is C22H23NO2S. The second kappa shape index (κ2) is 6.44. The number of ether oxygens (including phenoxy) is 1. The lowest BCUT2D eigenvalue weighted by Crippen LogP contribution is -2.53. The first-order valence-corrected chi connectivity index (χ1v) is 9.92. The molecule has 0 saturated carbocycles. The third kappa shape index (κ3) is 2.60. The molecule has 3 nitrogen and oxygen atoms in total. The molecule has 0 bridgehead atoms. The Hall–Kier alpha value is -2.33. The molecule has 1 aliphatic heterocycles. The number of fused-ring (bicyclic) bond motifs is 3. The molecule has 1 aromatic heterocycles. The molecule has 134 valence electrons. The summed E-state index contributed by atoms with van der Waals surface area (Å²) in [7, 11) is 1.71. The van der Waals surface area contributed by atoms with Crippen molar-refractivity contribution in [1.29, 1.82) is 0 Å². The first kappa shape index (κ1) is 17.1. The number of amides is 1. The van der Waals surface area contributed by atoms with Crippen LogP contribution in [0.3, 0.4) is 0 Å². The van der Waals surface area contributed by atoms with Gasteiger partial charge in [0.25, 0.3) is 5.91 Å². The summed E-state index contributed by atoms with van der Waals surface area (Å²) in [4.78, 5) is 13.3. The molecule has 0 spiro atoms. The van der Waals surface area contributed by atoms with E-state index in [1.54, 1.807) is 7.11 Å². The summed E-state index contributed by atoms with van der Waals surface area (Å²) in [5, 5.41) is 5.21. The van der Waals surface area contributed by atoms with Gasteiger partial charge in [0.05, 0.1) is 17.5 Å². The van der Waals surface area contributed by atoms with Crippen LogP contribution < -0.4 is 5.32 Å². The monoisotopic (exact) mass is 365 g/mol. The van der Waals surface area contributed by atoms with E-state index in [2.05, 4.69) is 55.6 Å². The number of hydrogen-bond donors (Lipinski definition) is 1. The highest BCUT2D eigenvalue weighted by atomic mass is 32.1. The fourth-order valence-corrected chi connectivity index (χ4v) is 4.96. The van der Waals surface area contributed by atoms with Crippen LogP contribution in [-0.2, 0) is 11.2 Å². The van der Waals surface area contributed by atoms with Crippen LogP contribution in [-0.4, -0.2) is 18.6 Å². The Kier molecular flexibility index (Phi) is 4.23. The summed E-state index contributed by atoms with van der Waals surface area (Å²) in [5.74, 6) is 0.916. The van der Waals surface area contributed by atoms with Gasteiger partial charge in [-0.25, -0.2) is 0 Å². The highest BCUT2D eigenvalue weighted by Gasteiger charge is 2.46. The molecule has 4 heteroatoms. The van der Waals surface area contributed by atoms with Crippen molar-refractivity contribution < 1.29 is 9.53 Å². The van der Waals surface area contributed by atoms with E-state index in [4.69, 9.17) is 4.74 Å². The van der Waals surface area contributed by atoms with Gasteiger partial charge in [-0.05, 0) is 47.6 Å². The van der Waals surface area contributed by atoms with E-state index >= 15 is 0 Å². The lowest BCUT2D eigenvalue weighted by atomic mass is 9.68. The molecule has 2 unspecified atom stereocenters. The minimum Gasteiger partial charge on any atom is -0.496 e. The fourth-order valence-electron chi connectivity index (χ4n) is 4.13. The van der Waals surface area contributed by atoms with E-state index in [1.165, 1.54) is 16.9 Å². The summed E-state index contributed by atoms with van der Waals surface area (Å²) in [5.41, 5.74) is 4.27. The van der Waals surface area contributed by atoms with Crippen LogP contribution in [0, 0.1) is 0 Å². The molecule has 1 amide bonds. The molecule has 0 saturated heterocycles. The number of hydrogen-bond acceptors (Lipinski definition) is 3. The quantitative estimate of drug-likeness (QED) is 0.836. The lowest BCUT2D eigenvalue weighted by molar-refractivity contribution is 0.0905. The van der Waals surface area contributed by atoms with Gasteiger partial charge in [0, 0.05) is 11.5 Å². The third-order valence-corrected chi connectivity index (χ3v) is 6.28. The standard InChI is InChI=1S/C22H23NO2S/c1-4-5-14-6-8-15(9-7-14)18-17(25-3)10-12-22(2)19(18)16-11-13-26-20(16)21(24)23-22/h6-13,19H,4-5H2,1-3H3,(H,23,24). The lowest BCUT2D eigenvalue weighted by Gasteiger charge is -2.43. The predicted octanol–water partition coefficient (Wildman–Crippen LogP) is 4.91. The molecule has 1 aliphatic carbocycles. The average Bonchev–Trinajstić information content (AvgIpc) is 3.12. The maximum absolute atomic E-state index is 12.5. The SMILES string of the molecule is CCCc1ccc(C2=C(OC)C=CC3(C)NC(=O)c4sccc4C23)cc1. The second-order valence-corrected chi connectivity index (χ2v) is 8.05. The molecule has 0 fully saturated rings. The molecular weight excluding hydrogens is 342 g/mol. The van der Waals surface area contributed by atoms with Gasteiger partial charge in [-0.3, -0.25) is 4.79 Å². The van der Waals surface area contributed by atoms with Crippen molar-refractivity contribution in [2.45, 2.75) is 38.1 Å². The van der Waals surface area contributed by atoms with Crippen LogP contribution in [0.2, 0.25) is 0 Å². The molecule has 2 aliphatic rings. The molecule has 4 rings (SSSR count). The van der Waals surface area contributed by atoms with Crippen molar-refractivity contribution >= 4 is 22.8 Å². The van der Waals surface area contributed by atoms with Gasteiger partial charge in [0.2, 0.25) is 0 Å². The number of allylic oxidation sites excluding steroid dienone is 1. The van der Waals surface area contributed by atoms with E-state index in [-0.39, 0.29) is 11.8 Å². The highest BCUT2D eigenvalue weighted by molar-refractivity contribution is 7.12. The maximum Gasteiger partial charge on any atom is 0.262 e. The summed E-state index contributed by atoms with van der Waals surface area (Å²) in [6.45, 7) is 4.28. The van der Waals surface area contributed by atoms with Crippen molar-refractivity contribution in [3.05, 3.63) is 75.2 Å². The molecule has 2 heterocycles. The maximum atomic E-state index is 12.5. The number of rotatable bonds is 4. The zero-order valence-electron chi connectivity index (χ0n) is 15.3. The first-order valence-electron chi connectivity index (χ1n) is 9.04. The Morgan fingerprint density at radius 2 is 2.00 bits per heavy atom. The van der Waals surface area contributed by atoms with Gasteiger partial charge in [0.1, 0.15) is 5.76 Å². The Labute approximate surface area is 158 Å². The molecule has 1 aromatic carbocycles. The van der Waals surface area contributed by atoms with E-state index in [0.717, 1.165) is 40.2 Å². The second-order valence-electron chi connectivity index (χ2n) is 7.14. The van der Waals surface area contributed by atoms with Crippen molar-refractivity contribution in [2.24, 2.45) is 0 Å². The molecule has 2 atom stereocenters. The van der Waals surface area contributed by atoms with Crippen LogP contribution in [0.1, 0.15) is 52.5 Å². The van der Waals surface area contributed by atoms with E-state index in [0.29, 0.717) is 0 Å². The molecule has 2 aromatic rings. The Balaban J connectivity index is 1.88. The topological polar surface area (TPSA) is 38.3 Å². The van der Waals surface area contributed by atoms with Crippen LogP contribution in [0.25, 0.3) is 5.57 Å². The summed E-state index contributed by atoms with van der Waals surface area (Å²) in [6.07, 6.45) is 6.27. The van der Waals surface area contributed by atoms with Crippen molar-refractivity contribution in [2.75, 3.05) is 7.11 Å². The zero-order chi connectivity index (χ0) is 18.3. The Morgan fingerprint density at radius 1 is 1.23 bits per heavy atom. The fraction of sp³-hybridized carbons (Fsp3) is 0.318. The van der Waals surface area contributed by atoms with Gasteiger partial charge in [-0.2, -0.15) is 0 Å². The van der Waals surface area contributed by atoms with Gasteiger partial charge in [0.15, 0.2) is 0 Å². The van der Waals surface area contributed by atoms with Crippen LogP contribution >= 0.6 is 11.3 Å². The Morgan fingerprint density at radius 3 is 2.69 bits per heavy atom. The predicted molar refractivity (Wildman–Crippen MR) is 106 cm³/mol. The number of benzene rings is 1. The Bertz CT molecular complexity index is 906. The third-order valence-electron chi connectivity index (χ3n) is 5.35. The number of carbonyl (C=O) groups is 1. The number of thiophene rings is 1.